The molecule has 15 heavy (non-hydrogen) atoms. The highest BCUT2D eigenvalue weighted by Crippen LogP contribution is 1.96. The lowest BCUT2D eigenvalue weighted by atomic mass is 10.2. The van der Waals surface area contributed by atoms with E-state index in [-0.39, 0.29) is 5.91 Å². The summed E-state index contributed by atoms with van der Waals surface area (Å²) in [5.74, 6) is 0.0348. The second kappa shape index (κ2) is 6.19. The van der Waals surface area contributed by atoms with Crippen LogP contribution in [-0.4, -0.2) is 18.5 Å². The zero-order valence-corrected chi connectivity index (χ0v) is 9.29. The van der Waals surface area contributed by atoms with E-state index in [9.17, 15) is 4.79 Å². The summed E-state index contributed by atoms with van der Waals surface area (Å²) in [7, 11) is 0. The van der Waals surface area contributed by atoms with E-state index >= 15 is 0 Å². The molecule has 0 heterocycles. The smallest absolute Gasteiger partial charge is 0.234 e. The van der Waals surface area contributed by atoms with Gasteiger partial charge in [-0.25, -0.2) is 0 Å². The number of nitrogens with one attached hydrogen (secondary N) is 2. The van der Waals surface area contributed by atoms with Gasteiger partial charge in [0.25, 0.3) is 0 Å². The fourth-order valence-corrected chi connectivity index (χ4v) is 1.16. The Labute approximate surface area is 90.9 Å². The lowest BCUT2D eigenvalue weighted by molar-refractivity contribution is -0.120. The molecule has 0 unspecified atom stereocenters. The normalized spacial score (nSPS) is 10.3. The molecule has 0 aliphatic rings. The van der Waals surface area contributed by atoms with Crippen LogP contribution < -0.4 is 10.6 Å². The van der Waals surface area contributed by atoms with E-state index in [2.05, 4.69) is 10.6 Å². The molecule has 0 atom stereocenters. The van der Waals surface area contributed by atoms with Crippen molar-refractivity contribution in [2.24, 2.45) is 0 Å². The molecular formula is C12H18N2O. The van der Waals surface area contributed by atoms with Gasteiger partial charge in [-0.05, 0) is 5.56 Å². The predicted octanol–water partition coefficient (Wildman–Crippen LogP) is 1.30. The first kappa shape index (κ1) is 11.7. The molecule has 0 bridgehead atoms. The van der Waals surface area contributed by atoms with Gasteiger partial charge < -0.3 is 10.6 Å². The van der Waals surface area contributed by atoms with E-state index in [1.54, 1.807) is 0 Å². The molecule has 0 spiro atoms. The Morgan fingerprint density at radius 3 is 2.53 bits per heavy atom. The largest absolute Gasteiger partial charge is 0.351 e. The zero-order valence-electron chi connectivity index (χ0n) is 9.29. The number of carbonyl (C=O) groups excluding carboxylic acids is 1. The van der Waals surface area contributed by atoms with Gasteiger partial charge in [-0.2, -0.15) is 0 Å². The Morgan fingerprint density at radius 1 is 1.27 bits per heavy atom. The highest BCUT2D eigenvalue weighted by molar-refractivity contribution is 5.77. The molecule has 0 aliphatic carbocycles. The summed E-state index contributed by atoms with van der Waals surface area (Å²) in [6, 6.07) is 10.2. The van der Waals surface area contributed by atoms with E-state index in [0.717, 1.165) is 5.56 Å². The Balaban J connectivity index is 2.23. The summed E-state index contributed by atoms with van der Waals surface area (Å²) in [5.41, 5.74) is 1.12. The standard InChI is InChI=1S/C12H18N2O/c1-10(2)13-9-12(15)14-8-11-6-4-3-5-7-11/h3-7,10,13H,8-9H2,1-2H3,(H,14,15). The quantitative estimate of drug-likeness (QED) is 0.762. The van der Waals surface area contributed by atoms with E-state index in [0.29, 0.717) is 19.1 Å². The SMILES string of the molecule is CC(C)NCC(=O)NCc1ccccc1. The van der Waals surface area contributed by atoms with Crippen LogP contribution in [0.2, 0.25) is 0 Å². The average Bonchev–Trinajstić information content (AvgIpc) is 2.25. The van der Waals surface area contributed by atoms with Gasteiger partial charge in [0.15, 0.2) is 0 Å². The Kier molecular flexibility index (Phi) is 4.84. The van der Waals surface area contributed by atoms with Crippen LogP contribution in [0.4, 0.5) is 0 Å². The van der Waals surface area contributed by atoms with Crippen molar-refractivity contribution in [2.45, 2.75) is 26.4 Å². The highest BCUT2D eigenvalue weighted by atomic mass is 16.1. The van der Waals surface area contributed by atoms with Gasteiger partial charge in [0, 0.05) is 12.6 Å². The van der Waals surface area contributed by atoms with Gasteiger partial charge in [0.1, 0.15) is 0 Å². The fraction of sp³-hybridized carbons (Fsp3) is 0.417. The van der Waals surface area contributed by atoms with Crippen molar-refractivity contribution < 1.29 is 4.79 Å². The molecule has 3 nitrogen and oxygen atoms in total. The molecule has 1 aromatic rings. The Bertz CT molecular complexity index is 296. The number of benzene rings is 1. The first-order valence-electron chi connectivity index (χ1n) is 5.22. The summed E-state index contributed by atoms with van der Waals surface area (Å²) in [5, 5.41) is 5.92. The molecule has 0 aromatic heterocycles. The van der Waals surface area contributed by atoms with Crippen LogP contribution in [0.5, 0.6) is 0 Å². The van der Waals surface area contributed by atoms with Crippen molar-refractivity contribution in [2.75, 3.05) is 6.54 Å². The zero-order chi connectivity index (χ0) is 11.1. The van der Waals surface area contributed by atoms with Gasteiger partial charge in [-0.1, -0.05) is 44.2 Å². The van der Waals surface area contributed by atoms with Gasteiger partial charge in [0.05, 0.1) is 6.54 Å². The fourth-order valence-electron chi connectivity index (χ4n) is 1.16. The van der Waals surface area contributed by atoms with Crippen LogP contribution in [0, 0.1) is 0 Å². The van der Waals surface area contributed by atoms with Crippen LogP contribution in [0.25, 0.3) is 0 Å². The van der Waals surface area contributed by atoms with Crippen molar-refractivity contribution in [1.29, 1.82) is 0 Å². The van der Waals surface area contributed by atoms with Crippen molar-refractivity contribution in [3.63, 3.8) is 0 Å². The van der Waals surface area contributed by atoms with Crippen LogP contribution >= 0.6 is 0 Å². The predicted molar refractivity (Wildman–Crippen MR) is 61.4 cm³/mol. The Morgan fingerprint density at radius 2 is 1.93 bits per heavy atom. The summed E-state index contributed by atoms with van der Waals surface area (Å²) < 4.78 is 0. The summed E-state index contributed by atoms with van der Waals surface area (Å²) in [6.45, 7) is 5.01. The number of hydrogen-bond donors (Lipinski definition) is 2. The number of carbonyl (C=O) groups is 1. The van der Waals surface area contributed by atoms with E-state index in [1.165, 1.54) is 0 Å². The second-order valence-corrected chi connectivity index (χ2v) is 3.80. The first-order valence-corrected chi connectivity index (χ1v) is 5.22. The molecule has 82 valence electrons. The average molecular weight is 206 g/mol. The monoisotopic (exact) mass is 206 g/mol. The molecule has 1 aromatic carbocycles. The maximum Gasteiger partial charge on any atom is 0.234 e. The van der Waals surface area contributed by atoms with Crippen LogP contribution in [0.15, 0.2) is 30.3 Å². The summed E-state index contributed by atoms with van der Waals surface area (Å²) >= 11 is 0. The molecule has 0 saturated heterocycles. The van der Waals surface area contributed by atoms with Crippen LogP contribution in [0.1, 0.15) is 19.4 Å². The maximum atomic E-state index is 11.3. The summed E-state index contributed by atoms with van der Waals surface area (Å²) in [6.07, 6.45) is 0. The molecular weight excluding hydrogens is 188 g/mol. The molecule has 0 saturated carbocycles. The third kappa shape index (κ3) is 5.18. The molecule has 1 amide bonds. The van der Waals surface area contributed by atoms with Crippen molar-refractivity contribution in [3.05, 3.63) is 35.9 Å². The maximum absolute atomic E-state index is 11.3. The van der Waals surface area contributed by atoms with Gasteiger partial charge in [0.2, 0.25) is 5.91 Å². The minimum absolute atomic E-state index is 0.0348. The first-order chi connectivity index (χ1) is 7.18. The summed E-state index contributed by atoms with van der Waals surface area (Å²) in [4.78, 5) is 11.3. The van der Waals surface area contributed by atoms with E-state index < -0.39 is 0 Å². The van der Waals surface area contributed by atoms with Gasteiger partial charge >= 0.3 is 0 Å². The van der Waals surface area contributed by atoms with E-state index in [1.807, 2.05) is 44.2 Å². The molecule has 3 heteroatoms. The van der Waals surface area contributed by atoms with Gasteiger partial charge in [-0.3, -0.25) is 4.79 Å². The van der Waals surface area contributed by atoms with Crippen molar-refractivity contribution >= 4 is 5.91 Å². The van der Waals surface area contributed by atoms with Crippen molar-refractivity contribution in [1.82, 2.24) is 10.6 Å². The minimum atomic E-state index is 0.0348. The van der Waals surface area contributed by atoms with Crippen LogP contribution in [0.3, 0.4) is 0 Å². The lowest BCUT2D eigenvalue weighted by Gasteiger charge is -2.08. The molecule has 2 N–H and O–H groups in total. The second-order valence-electron chi connectivity index (χ2n) is 3.80. The van der Waals surface area contributed by atoms with Gasteiger partial charge in [-0.15, -0.1) is 0 Å². The topological polar surface area (TPSA) is 41.1 Å². The number of hydrogen-bond acceptors (Lipinski definition) is 2. The number of amides is 1. The van der Waals surface area contributed by atoms with Crippen LogP contribution in [-0.2, 0) is 11.3 Å². The third-order valence-electron chi connectivity index (χ3n) is 2.00. The lowest BCUT2D eigenvalue weighted by Crippen LogP contribution is -2.36. The van der Waals surface area contributed by atoms with E-state index in [4.69, 9.17) is 0 Å². The Hall–Kier alpha value is -1.35. The number of rotatable bonds is 5. The van der Waals surface area contributed by atoms with Crippen molar-refractivity contribution in [3.8, 4) is 0 Å². The molecule has 0 fully saturated rings. The third-order valence-corrected chi connectivity index (χ3v) is 2.00. The molecule has 0 aliphatic heterocycles. The molecule has 0 radical (unpaired) electrons. The molecule has 1 rings (SSSR count). The highest BCUT2D eigenvalue weighted by Gasteiger charge is 2.01. The minimum Gasteiger partial charge on any atom is -0.351 e.